The normalized spacial score (nSPS) is 9.21. The molecule has 0 bridgehead atoms. The van der Waals surface area contributed by atoms with Crippen LogP contribution in [0.2, 0.25) is 0 Å². The molecule has 2 aromatic heterocycles. The summed E-state index contributed by atoms with van der Waals surface area (Å²) in [6.45, 7) is 0. The Morgan fingerprint density at radius 3 is 2.79 bits per heavy atom. The van der Waals surface area contributed by atoms with Gasteiger partial charge >= 0.3 is 5.82 Å². The van der Waals surface area contributed by atoms with Crippen LogP contribution in [-0.4, -0.2) is 9.97 Å². The van der Waals surface area contributed by atoms with Gasteiger partial charge in [0.2, 0.25) is 0 Å². The molecule has 0 atom stereocenters. The highest BCUT2D eigenvalue weighted by molar-refractivity contribution is 14.1. The molecule has 0 saturated heterocycles. The number of H-pyrrole nitrogens is 1. The van der Waals surface area contributed by atoms with Crippen LogP contribution in [0.5, 0.6) is 0 Å². The Morgan fingerprint density at radius 1 is 1.29 bits per heavy atom. The van der Waals surface area contributed by atoms with Gasteiger partial charge in [-0.25, -0.2) is 4.98 Å². The molecule has 2 rings (SSSR count). The molecule has 0 amide bonds. The molecule has 0 aliphatic carbocycles. The summed E-state index contributed by atoms with van der Waals surface area (Å²) in [5.74, 6) is 0.870. The third-order valence-electron chi connectivity index (χ3n) is 1.63. The van der Waals surface area contributed by atoms with Crippen molar-refractivity contribution in [1.82, 2.24) is 9.97 Å². The number of hydrogen-bond donors (Lipinski definition) is 0. The molecule has 1 N–H and O–H groups in total. The Morgan fingerprint density at radius 2 is 2.14 bits per heavy atom. The van der Waals surface area contributed by atoms with Crippen molar-refractivity contribution >= 4 is 22.6 Å². The van der Waals surface area contributed by atoms with Crippen LogP contribution in [-0.2, 0) is 0 Å². The van der Waals surface area contributed by atoms with E-state index in [4.69, 9.17) is 0 Å². The third-order valence-corrected chi connectivity index (χ3v) is 2.49. The molecular weight excluding hydrogens is 404 g/mol. The zero-order chi connectivity index (χ0) is 9.10. The maximum atomic E-state index is 4.22. The van der Waals surface area contributed by atoms with Gasteiger partial charge in [-0.15, -0.1) is 0 Å². The summed E-state index contributed by atoms with van der Waals surface area (Å²) in [5, 5.41) is 0. The van der Waals surface area contributed by atoms with E-state index in [1.54, 1.807) is 12.4 Å². The first-order valence-electron chi connectivity index (χ1n) is 3.80. The number of nitrogens with zero attached hydrogens (tertiary/aromatic N) is 2. The van der Waals surface area contributed by atoms with Gasteiger partial charge in [-0.3, -0.25) is 4.98 Å². The molecule has 0 fully saturated rings. The third kappa shape index (κ3) is 2.59. The van der Waals surface area contributed by atoms with Crippen LogP contribution in [0.25, 0.3) is 11.4 Å². The molecule has 5 heteroatoms. The van der Waals surface area contributed by atoms with Crippen LogP contribution < -0.4 is 29.0 Å². The van der Waals surface area contributed by atoms with E-state index in [0.717, 1.165) is 15.0 Å². The Balaban J connectivity index is 0.000000980. The van der Waals surface area contributed by atoms with Gasteiger partial charge in [0, 0.05) is 22.0 Å². The SMILES string of the molecule is Ic1cnccc1-c1nccc[nH+]1.[I-]. The molecular formula is C9H7I2N3. The van der Waals surface area contributed by atoms with E-state index in [1.807, 2.05) is 24.5 Å². The summed E-state index contributed by atoms with van der Waals surface area (Å²) in [7, 11) is 0. The van der Waals surface area contributed by atoms with E-state index in [0.29, 0.717) is 0 Å². The van der Waals surface area contributed by atoms with Gasteiger partial charge in [-0.2, -0.15) is 0 Å². The van der Waals surface area contributed by atoms with Gasteiger partial charge in [-0.05, 0) is 33.6 Å². The highest BCUT2D eigenvalue weighted by atomic mass is 127. The molecule has 0 aromatic carbocycles. The smallest absolute Gasteiger partial charge is 0.329 e. The van der Waals surface area contributed by atoms with Gasteiger partial charge in [0.05, 0.1) is 11.8 Å². The summed E-state index contributed by atoms with van der Waals surface area (Å²) in [5.41, 5.74) is 1.08. The van der Waals surface area contributed by atoms with Crippen LogP contribution in [0.15, 0.2) is 36.9 Å². The highest BCUT2D eigenvalue weighted by Crippen LogP contribution is 2.17. The summed E-state index contributed by atoms with van der Waals surface area (Å²) in [6, 6.07) is 3.80. The second-order valence-electron chi connectivity index (χ2n) is 2.49. The number of halogens is 2. The molecule has 3 nitrogen and oxygen atoms in total. The van der Waals surface area contributed by atoms with E-state index < -0.39 is 0 Å². The van der Waals surface area contributed by atoms with Crippen molar-refractivity contribution in [2.24, 2.45) is 0 Å². The molecule has 14 heavy (non-hydrogen) atoms. The standard InChI is InChI=1S/C9H6IN3.HI/c10-8-6-11-5-2-7(8)9-12-3-1-4-13-9;/h1-6H;1H. The molecule has 0 unspecified atom stereocenters. The number of aromatic amines is 1. The fraction of sp³-hybridized carbons (Fsp3) is 0. The van der Waals surface area contributed by atoms with Crippen molar-refractivity contribution in [3.8, 4) is 11.4 Å². The average molecular weight is 411 g/mol. The quantitative estimate of drug-likeness (QED) is 0.541. The van der Waals surface area contributed by atoms with Crippen molar-refractivity contribution in [3.05, 3.63) is 40.5 Å². The topological polar surface area (TPSA) is 39.9 Å². The van der Waals surface area contributed by atoms with E-state index in [-0.39, 0.29) is 24.0 Å². The molecule has 0 aliphatic heterocycles. The first-order valence-corrected chi connectivity index (χ1v) is 4.88. The van der Waals surface area contributed by atoms with Crippen LogP contribution in [0.4, 0.5) is 0 Å². The summed E-state index contributed by atoms with van der Waals surface area (Å²) in [4.78, 5) is 11.3. The van der Waals surface area contributed by atoms with Crippen LogP contribution in [0.1, 0.15) is 0 Å². The average Bonchev–Trinajstić information content (AvgIpc) is 2.20. The molecule has 2 aromatic rings. The maximum absolute atomic E-state index is 4.22. The Hall–Kier alpha value is -0.310. The first-order chi connectivity index (χ1) is 6.38. The zero-order valence-electron chi connectivity index (χ0n) is 7.11. The Bertz CT molecular complexity index is 406. The summed E-state index contributed by atoms with van der Waals surface area (Å²) >= 11 is 2.24. The minimum atomic E-state index is 0. The lowest BCUT2D eigenvalue weighted by Gasteiger charge is -1.94. The molecule has 0 aliphatic rings. The van der Waals surface area contributed by atoms with Gasteiger partial charge < -0.3 is 24.0 Å². The lowest BCUT2D eigenvalue weighted by Crippen LogP contribution is -3.00. The monoisotopic (exact) mass is 411 g/mol. The highest BCUT2D eigenvalue weighted by Gasteiger charge is 2.10. The van der Waals surface area contributed by atoms with Gasteiger partial charge in [0.1, 0.15) is 6.20 Å². The largest absolute Gasteiger partial charge is 1.00 e. The van der Waals surface area contributed by atoms with E-state index >= 15 is 0 Å². The maximum Gasteiger partial charge on any atom is 0.329 e. The minimum Gasteiger partial charge on any atom is -1.00 e. The molecule has 0 saturated carbocycles. The predicted octanol–water partition coefficient (Wildman–Crippen LogP) is -1.43. The summed E-state index contributed by atoms with van der Waals surface area (Å²) in [6.07, 6.45) is 7.21. The summed E-state index contributed by atoms with van der Waals surface area (Å²) < 4.78 is 1.09. The number of rotatable bonds is 1. The molecule has 0 radical (unpaired) electrons. The number of aromatic nitrogens is 3. The lowest BCUT2D eigenvalue weighted by atomic mass is 10.2. The number of hydrogen-bond acceptors (Lipinski definition) is 2. The van der Waals surface area contributed by atoms with Crippen LogP contribution in [0.3, 0.4) is 0 Å². The van der Waals surface area contributed by atoms with Crippen molar-refractivity contribution < 1.29 is 29.0 Å². The first kappa shape index (κ1) is 11.8. The van der Waals surface area contributed by atoms with Crippen LogP contribution >= 0.6 is 22.6 Å². The number of pyridine rings is 1. The van der Waals surface area contributed by atoms with Gasteiger partial charge in [0.25, 0.3) is 0 Å². The van der Waals surface area contributed by atoms with Crippen molar-refractivity contribution in [2.45, 2.75) is 0 Å². The second kappa shape index (κ2) is 5.54. The van der Waals surface area contributed by atoms with E-state index in [9.17, 15) is 0 Å². The van der Waals surface area contributed by atoms with Gasteiger partial charge in [-0.1, -0.05) is 0 Å². The van der Waals surface area contributed by atoms with Crippen molar-refractivity contribution in [2.75, 3.05) is 0 Å². The Labute approximate surface area is 113 Å². The Kier molecular flexibility index (Phi) is 4.66. The zero-order valence-corrected chi connectivity index (χ0v) is 11.4. The van der Waals surface area contributed by atoms with Crippen molar-refractivity contribution in [3.63, 3.8) is 0 Å². The van der Waals surface area contributed by atoms with E-state index in [2.05, 4.69) is 37.5 Å². The fourth-order valence-corrected chi connectivity index (χ4v) is 1.64. The minimum absolute atomic E-state index is 0. The van der Waals surface area contributed by atoms with Crippen LogP contribution in [0, 0.1) is 3.57 Å². The number of nitrogens with one attached hydrogen (secondary N) is 1. The second-order valence-corrected chi connectivity index (χ2v) is 3.65. The molecule has 72 valence electrons. The van der Waals surface area contributed by atoms with Crippen molar-refractivity contribution in [1.29, 1.82) is 0 Å². The lowest BCUT2D eigenvalue weighted by molar-refractivity contribution is -0.368. The van der Waals surface area contributed by atoms with E-state index in [1.165, 1.54) is 0 Å². The molecule has 2 heterocycles. The predicted molar refractivity (Wildman–Crippen MR) is 56.7 cm³/mol. The fourth-order valence-electron chi connectivity index (χ4n) is 1.04. The van der Waals surface area contributed by atoms with Gasteiger partial charge in [0.15, 0.2) is 0 Å². The molecule has 0 spiro atoms.